The van der Waals surface area contributed by atoms with Crippen LogP contribution >= 0.6 is 0 Å². The fraction of sp³-hybridized carbons (Fsp3) is 0.0556. The average Bonchev–Trinajstić information content (AvgIpc) is 4.12. The number of hydrogen-bond acceptors (Lipinski definition) is 2. The van der Waals surface area contributed by atoms with E-state index >= 15 is 0 Å². The molecule has 2 aromatic heterocycles. The van der Waals surface area contributed by atoms with E-state index in [1.54, 1.807) is 0 Å². The van der Waals surface area contributed by atoms with Gasteiger partial charge >= 0.3 is 0 Å². The SMILES string of the molecule is C1=C(n2c3ccccc3c3cc(N(c4ccc(-c5ccccc5)cc4)c4ccc(-c5ccc(N(c6ccc(-c7ccccc7)cc6)c6ccc7c(c6)c6ccccc6n7-c6ccccc6)cc5)cc4)ccc32)CCCC1. The van der Waals surface area contributed by atoms with Crippen LogP contribution in [-0.4, -0.2) is 9.13 Å². The van der Waals surface area contributed by atoms with Gasteiger partial charge in [0.2, 0.25) is 0 Å². The van der Waals surface area contributed by atoms with Gasteiger partial charge in [0.1, 0.15) is 0 Å². The largest absolute Gasteiger partial charge is 0.313 e. The van der Waals surface area contributed by atoms with Crippen LogP contribution in [0.3, 0.4) is 0 Å². The number of para-hydroxylation sites is 3. The Morgan fingerprint density at radius 3 is 1.03 bits per heavy atom. The molecule has 0 atom stereocenters. The average molecular weight is 975 g/mol. The predicted octanol–water partition coefficient (Wildman–Crippen LogP) is 20.2. The molecule has 11 aromatic carbocycles. The highest BCUT2D eigenvalue weighted by atomic mass is 15.1. The zero-order valence-electron chi connectivity index (χ0n) is 42.2. The lowest BCUT2D eigenvalue weighted by Gasteiger charge is -2.27. The summed E-state index contributed by atoms with van der Waals surface area (Å²) in [5.41, 5.74) is 21.2. The third kappa shape index (κ3) is 8.12. The molecule has 0 amide bonds. The van der Waals surface area contributed by atoms with E-state index in [1.807, 2.05) is 0 Å². The van der Waals surface area contributed by atoms with Gasteiger partial charge < -0.3 is 18.9 Å². The lowest BCUT2D eigenvalue weighted by molar-refractivity contribution is 0.724. The number of allylic oxidation sites excluding steroid dienone is 2. The Hall–Kier alpha value is -9.64. The maximum absolute atomic E-state index is 2.51. The molecule has 0 unspecified atom stereocenters. The summed E-state index contributed by atoms with van der Waals surface area (Å²) in [4.78, 5) is 4.79. The molecule has 0 saturated carbocycles. The molecular formula is C72H54N4. The molecule has 0 saturated heterocycles. The molecule has 4 nitrogen and oxygen atoms in total. The molecule has 0 N–H and O–H groups in total. The summed E-state index contributed by atoms with van der Waals surface area (Å²) in [5.74, 6) is 0. The lowest BCUT2D eigenvalue weighted by atomic mass is 10.0. The van der Waals surface area contributed by atoms with Gasteiger partial charge in [-0.05, 0) is 168 Å². The van der Waals surface area contributed by atoms with E-state index < -0.39 is 0 Å². The molecule has 1 aliphatic carbocycles. The van der Waals surface area contributed by atoms with Crippen LogP contribution in [0.25, 0.3) is 88.4 Å². The Morgan fingerprint density at radius 2 is 0.605 bits per heavy atom. The van der Waals surface area contributed by atoms with E-state index in [4.69, 9.17) is 0 Å². The van der Waals surface area contributed by atoms with Crippen LogP contribution in [0, 0.1) is 0 Å². The fourth-order valence-corrected chi connectivity index (χ4v) is 11.8. The highest BCUT2D eigenvalue weighted by molar-refractivity contribution is 6.12. The Labute approximate surface area is 443 Å². The zero-order chi connectivity index (χ0) is 50.4. The zero-order valence-corrected chi connectivity index (χ0v) is 42.2. The first-order valence-corrected chi connectivity index (χ1v) is 26.6. The molecule has 14 rings (SSSR count). The quantitative estimate of drug-likeness (QED) is 0.128. The van der Waals surface area contributed by atoms with Crippen LogP contribution in [0.1, 0.15) is 25.7 Å². The third-order valence-corrected chi connectivity index (χ3v) is 15.4. The highest BCUT2D eigenvalue weighted by Crippen LogP contribution is 2.44. The first kappa shape index (κ1) is 45.0. The topological polar surface area (TPSA) is 16.3 Å². The summed E-state index contributed by atoms with van der Waals surface area (Å²) in [6.07, 6.45) is 7.18. The van der Waals surface area contributed by atoms with E-state index in [0.717, 1.165) is 63.8 Å². The Bertz CT molecular complexity index is 4230. The normalized spacial score (nSPS) is 12.6. The van der Waals surface area contributed by atoms with Crippen molar-refractivity contribution >= 4 is 83.4 Å². The Morgan fingerprint density at radius 1 is 0.263 bits per heavy atom. The van der Waals surface area contributed by atoms with Crippen LogP contribution < -0.4 is 9.80 Å². The van der Waals surface area contributed by atoms with Gasteiger partial charge in [-0.25, -0.2) is 0 Å². The molecule has 0 radical (unpaired) electrons. The summed E-state index contributed by atoms with van der Waals surface area (Å²) in [7, 11) is 0. The Kier molecular flexibility index (Phi) is 11.4. The van der Waals surface area contributed by atoms with Crippen molar-refractivity contribution in [1.29, 1.82) is 0 Å². The van der Waals surface area contributed by atoms with Crippen LogP contribution in [0.4, 0.5) is 34.1 Å². The lowest BCUT2D eigenvalue weighted by Crippen LogP contribution is -2.10. The molecule has 1 aliphatic rings. The number of fused-ring (bicyclic) bond motifs is 6. The van der Waals surface area contributed by atoms with Gasteiger partial charge in [0.25, 0.3) is 0 Å². The molecule has 362 valence electrons. The van der Waals surface area contributed by atoms with Gasteiger partial charge in [-0.2, -0.15) is 0 Å². The standard InChI is InChI=1S/C72H54N4/c1-5-17-51(18-6-1)53-29-37-59(38-30-53)73(63-45-47-71-67(49-63)65-25-13-15-27-69(65)75(71)57-21-9-3-10-22-57)61-41-33-55(34-42-61)56-35-43-62(44-36-56)74(60-39-31-54(32-40-60)52-19-7-2-8-20-52)64-46-48-72-68(50-64)66-26-14-16-28-70(66)76(72)58-23-11-4-12-24-58/h1-3,5-10,13-23,25-50H,4,11-12,24H2. The number of aromatic nitrogens is 2. The van der Waals surface area contributed by atoms with E-state index in [1.165, 1.54) is 84.4 Å². The second-order valence-electron chi connectivity index (χ2n) is 20.0. The van der Waals surface area contributed by atoms with Crippen molar-refractivity contribution in [2.45, 2.75) is 25.7 Å². The number of rotatable bonds is 11. The van der Waals surface area contributed by atoms with E-state index in [2.05, 4.69) is 298 Å². The van der Waals surface area contributed by atoms with Crippen LogP contribution in [0.5, 0.6) is 0 Å². The van der Waals surface area contributed by atoms with Crippen molar-refractivity contribution in [3.8, 4) is 39.1 Å². The first-order valence-electron chi connectivity index (χ1n) is 26.6. The smallest absolute Gasteiger partial charge is 0.0542 e. The minimum absolute atomic E-state index is 1.08. The van der Waals surface area contributed by atoms with Crippen LogP contribution in [0.15, 0.2) is 279 Å². The summed E-state index contributed by atoms with van der Waals surface area (Å²) in [5, 5.41) is 4.99. The van der Waals surface area contributed by atoms with Crippen molar-refractivity contribution in [2.75, 3.05) is 9.80 Å². The summed E-state index contributed by atoms with van der Waals surface area (Å²) in [6.45, 7) is 0. The van der Waals surface area contributed by atoms with E-state index in [-0.39, 0.29) is 0 Å². The van der Waals surface area contributed by atoms with E-state index in [0.29, 0.717) is 0 Å². The second kappa shape index (κ2) is 19.3. The van der Waals surface area contributed by atoms with Gasteiger partial charge in [-0.1, -0.05) is 170 Å². The second-order valence-corrected chi connectivity index (χ2v) is 20.0. The number of anilines is 6. The molecule has 2 heterocycles. The maximum Gasteiger partial charge on any atom is 0.0542 e. The van der Waals surface area contributed by atoms with Gasteiger partial charge in [-0.15, -0.1) is 0 Å². The summed E-state index contributed by atoms with van der Waals surface area (Å²) in [6, 6.07) is 99.7. The molecule has 13 aromatic rings. The van der Waals surface area contributed by atoms with Crippen molar-refractivity contribution in [3.05, 3.63) is 279 Å². The van der Waals surface area contributed by atoms with Gasteiger partial charge in [0, 0.05) is 67.1 Å². The molecule has 0 spiro atoms. The summed E-state index contributed by atoms with van der Waals surface area (Å²) < 4.78 is 4.89. The Balaban J connectivity index is 0.839. The van der Waals surface area contributed by atoms with Crippen molar-refractivity contribution in [3.63, 3.8) is 0 Å². The molecular weight excluding hydrogens is 921 g/mol. The highest BCUT2D eigenvalue weighted by Gasteiger charge is 2.21. The predicted molar refractivity (Wildman–Crippen MR) is 322 cm³/mol. The number of nitrogens with zero attached hydrogens (tertiary/aromatic N) is 4. The van der Waals surface area contributed by atoms with Gasteiger partial charge in [-0.3, -0.25) is 0 Å². The van der Waals surface area contributed by atoms with Crippen molar-refractivity contribution in [1.82, 2.24) is 9.13 Å². The van der Waals surface area contributed by atoms with Crippen molar-refractivity contribution < 1.29 is 0 Å². The minimum atomic E-state index is 1.08. The maximum atomic E-state index is 2.51. The third-order valence-electron chi connectivity index (χ3n) is 15.4. The monoisotopic (exact) mass is 974 g/mol. The molecule has 4 heteroatoms. The van der Waals surface area contributed by atoms with Crippen LogP contribution in [-0.2, 0) is 0 Å². The minimum Gasteiger partial charge on any atom is -0.313 e. The van der Waals surface area contributed by atoms with Gasteiger partial charge in [0.05, 0.1) is 22.1 Å². The summed E-state index contributed by atoms with van der Waals surface area (Å²) >= 11 is 0. The fourth-order valence-electron chi connectivity index (χ4n) is 11.8. The molecule has 0 aliphatic heterocycles. The number of benzene rings is 11. The first-order chi connectivity index (χ1) is 37.7. The molecule has 0 bridgehead atoms. The number of hydrogen-bond donors (Lipinski definition) is 0. The molecule has 76 heavy (non-hydrogen) atoms. The molecule has 0 fully saturated rings. The van der Waals surface area contributed by atoms with Crippen LogP contribution in [0.2, 0.25) is 0 Å². The van der Waals surface area contributed by atoms with Gasteiger partial charge in [0.15, 0.2) is 0 Å². The van der Waals surface area contributed by atoms with E-state index in [9.17, 15) is 0 Å². The van der Waals surface area contributed by atoms with Crippen molar-refractivity contribution in [2.24, 2.45) is 0 Å².